The fourth-order valence-corrected chi connectivity index (χ4v) is 2.29. The molecule has 1 heterocycles. The number of hydrogen-bond donors (Lipinski definition) is 0. The van der Waals surface area contributed by atoms with Crippen LogP contribution in [0.4, 0.5) is 0 Å². The van der Waals surface area contributed by atoms with Gasteiger partial charge in [-0.1, -0.05) is 17.8 Å². The van der Waals surface area contributed by atoms with Crippen molar-refractivity contribution >= 4 is 22.8 Å². The van der Waals surface area contributed by atoms with Crippen molar-refractivity contribution in [2.45, 2.75) is 38.0 Å². The molecule has 0 unspecified atom stereocenters. The third-order valence-corrected chi connectivity index (χ3v) is 3.28. The third-order valence-electron chi connectivity index (χ3n) is 1.97. The molecule has 3 nitrogen and oxygen atoms in total. The van der Waals surface area contributed by atoms with Crippen LogP contribution in [0.2, 0.25) is 0 Å². The van der Waals surface area contributed by atoms with E-state index < -0.39 is 5.60 Å². The predicted molar refractivity (Wildman–Crippen MR) is 60.5 cm³/mol. The van der Waals surface area contributed by atoms with E-state index in [0.29, 0.717) is 6.42 Å². The van der Waals surface area contributed by atoms with Crippen LogP contribution < -0.4 is 0 Å². The van der Waals surface area contributed by atoms with Gasteiger partial charge in [0.25, 0.3) is 0 Å². The first-order chi connectivity index (χ1) is 6.85. The number of rotatable bonds is 3. The molecular formula is C11H16O3S. The Morgan fingerprint density at radius 3 is 2.60 bits per heavy atom. The summed E-state index contributed by atoms with van der Waals surface area (Å²) >= 11 is 1.06. The van der Waals surface area contributed by atoms with E-state index in [9.17, 15) is 9.59 Å². The zero-order valence-electron chi connectivity index (χ0n) is 9.28. The van der Waals surface area contributed by atoms with E-state index in [2.05, 4.69) is 6.58 Å². The number of allylic oxidation sites excluding steroid dienone is 1. The van der Waals surface area contributed by atoms with Crippen LogP contribution in [0.1, 0.15) is 27.2 Å². The van der Waals surface area contributed by atoms with E-state index in [4.69, 9.17) is 4.74 Å². The number of ether oxygens (including phenoxy) is 1. The summed E-state index contributed by atoms with van der Waals surface area (Å²) in [5, 5.41) is -0.277. The lowest BCUT2D eigenvalue weighted by Crippen LogP contribution is -2.44. The summed E-state index contributed by atoms with van der Waals surface area (Å²) < 4.78 is 5.22. The van der Waals surface area contributed by atoms with Gasteiger partial charge in [0, 0.05) is 0 Å². The van der Waals surface area contributed by atoms with Gasteiger partial charge in [0.2, 0.25) is 0 Å². The van der Waals surface area contributed by atoms with Gasteiger partial charge in [-0.2, -0.15) is 0 Å². The van der Waals surface area contributed by atoms with Crippen LogP contribution in [0, 0.1) is 5.92 Å². The number of esters is 1. The van der Waals surface area contributed by atoms with Crippen molar-refractivity contribution < 1.29 is 14.3 Å². The van der Waals surface area contributed by atoms with E-state index in [1.54, 1.807) is 6.08 Å². The smallest absolute Gasteiger partial charge is 0.320 e. The van der Waals surface area contributed by atoms with Crippen LogP contribution in [0.3, 0.4) is 0 Å². The van der Waals surface area contributed by atoms with Crippen LogP contribution >= 0.6 is 11.8 Å². The molecule has 4 heteroatoms. The first-order valence-corrected chi connectivity index (χ1v) is 5.77. The van der Waals surface area contributed by atoms with Crippen molar-refractivity contribution in [3.8, 4) is 0 Å². The number of hydrogen-bond acceptors (Lipinski definition) is 4. The molecule has 1 rings (SSSR count). The van der Waals surface area contributed by atoms with Crippen molar-refractivity contribution in [3.63, 3.8) is 0 Å². The zero-order chi connectivity index (χ0) is 11.6. The molecule has 1 fully saturated rings. The lowest BCUT2D eigenvalue weighted by molar-refractivity contribution is -0.156. The van der Waals surface area contributed by atoms with Gasteiger partial charge in [-0.05, 0) is 27.2 Å². The quantitative estimate of drug-likeness (QED) is 0.548. The van der Waals surface area contributed by atoms with Crippen LogP contribution in [0.5, 0.6) is 0 Å². The van der Waals surface area contributed by atoms with Crippen LogP contribution in [0.25, 0.3) is 0 Å². The molecule has 0 bridgehead atoms. The average molecular weight is 228 g/mol. The first-order valence-electron chi connectivity index (χ1n) is 4.89. The molecule has 0 radical (unpaired) electrons. The summed E-state index contributed by atoms with van der Waals surface area (Å²) in [6, 6.07) is 0. The Morgan fingerprint density at radius 1 is 1.60 bits per heavy atom. The number of carbonyl (C=O) groups excluding carboxylic acids is 2. The Kier molecular flexibility index (Phi) is 3.60. The van der Waals surface area contributed by atoms with Crippen molar-refractivity contribution in [1.29, 1.82) is 0 Å². The highest BCUT2D eigenvalue weighted by atomic mass is 32.2. The number of thioether (sulfide) groups is 1. The topological polar surface area (TPSA) is 43.4 Å². The van der Waals surface area contributed by atoms with Crippen molar-refractivity contribution in [2.24, 2.45) is 5.92 Å². The lowest BCUT2D eigenvalue weighted by atomic mass is 10.0. The van der Waals surface area contributed by atoms with E-state index in [0.717, 1.165) is 11.8 Å². The summed E-state index contributed by atoms with van der Waals surface area (Å²) in [5.74, 6) is -0.527. The Bertz CT molecular complexity index is 291. The summed E-state index contributed by atoms with van der Waals surface area (Å²) in [6.45, 7) is 9.03. The van der Waals surface area contributed by atoms with E-state index in [1.807, 2.05) is 20.8 Å². The normalized spacial score (nSPS) is 25.7. The van der Waals surface area contributed by atoms with Gasteiger partial charge < -0.3 is 4.74 Å². The Hall–Kier alpha value is -0.770. The van der Waals surface area contributed by atoms with E-state index in [-0.39, 0.29) is 22.3 Å². The van der Waals surface area contributed by atoms with Crippen molar-refractivity contribution in [3.05, 3.63) is 12.7 Å². The van der Waals surface area contributed by atoms with Crippen LogP contribution in [0.15, 0.2) is 12.7 Å². The Labute approximate surface area is 94.3 Å². The standard InChI is InChI=1S/C11H16O3S/c1-5-6-7-8(15-10(7)13)9(12)14-11(2,3)4/h5,7-8H,1,6H2,2-4H3/t7-,8-/m0/s1. The molecular weight excluding hydrogens is 212 g/mol. The highest BCUT2D eigenvalue weighted by Crippen LogP contribution is 2.40. The predicted octanol–water partition coefficient (Wildman–Crippen LogP) is 2.16. The molecule has 0 aromatic rings. The molecule has 0 N–H and O–H groups in total. The second kappa shape index (κ2) is 4.39. The molecule has 0 aromatic carbocycles. The fraction of sp³-hybridized carbons (Fsp3) is 0.636. The summed E-state index contributed by atoms with van der Waals surface area (Å²) in [6.07, 6.45) is 2.22. The van der Waals surface area contributed by atoms with Gasteiger partial charge in [0.15, 0.2) is 5.12 Å². The first kappa shape index (κ1) is 12.3. The van der Waals surface area contributed by atoms with Crippen LogP contribution in [-0.2, 0) is 14.3 Å². The Morgan fingerprint density at radius 2 is 2.20 bits per heavy atom. The number of carbonyl (C=O) groups is 2. The van der Waals surface area contributed by atoms with E-state index in [1.165, 1.54) is 0 Å². The maximum atomic E-state index is 11.6. The molecule has 15 heavy (non-hydrogen) atoms. The minimum absolute atomic E-state index is 0.0609. The third kappa shape index (κ3) is 3.09. The Balaban J connectivity index is 2.54. The molecule has 1 saturated heterocycles. The van der Waals surface area contributed by atoms with Gasteiger partial charge in [0.1, 0.15) is 10.9 Å². The molecule has 0 aromatic heterocycles. The molecule has 84 valence electrons. The van der Waals surface area contributed by atoms with Gasteiger partial charge in [-0.25, -0.2) is 0 Å². The molecule has 1 aliphatic rings. The summed E-state index contributed by atoms with van der Waals surface area (Å²) in [4.78, 5) is 22.9. The highest BCUT2D eigenvalue weighted by Gasteiger charge is 2.46. The minimum Gasteiger partial charge on any atom is -0.459 e. The molecule has 0 spiro atoms. The highest BCUT2D eigenvalue weighted by molar-refractivity contribution is 8.16. The van der Waals surface area contributed by atoms with Gasteiger partial charge >= 0.3 is 5.97 Å². The molecule has 0 saturated carbocycles. The van der Waals surface area contributed by atoms with E-state index >= 15 is 0 Å². The summed E-state index contributed by atoms with van der Waals surface area (Å²) in [7, 11) is 0. The molecule has 1 aliphatic heterocycles. The maximum Gasteiger partial charge on any atom is 0.320 e. The second-order valence-corrected chi connectivity index (χ2v) is 5.67. The molecule has 0 amide bonds. The fourth-order valence-electron chi connectivity index (χ4n) is 1.32. The largest absolute Gasteiger partial charge is 0.459 e. The second-order valence-electron chi connectivity index (χ2n) is 4.52. The maximum absolute atomic E-state index is 11.6. The summed E-state index contributed by atoms with van der Waals surface area (Å²) in [5.41, 5.74) is -0.491. The van der Waals surface area contributed by atoms with Gasteiger partial charge in [-0.15, -0.1) is 6.58 Å². The van der Waals surface area contributed by atoms with Gasteiger partial charge in [0.05, 0.1) is 5.92 Å². The zero-order valence-corrected chi connectivity index (χ0v) is 10.1. The minimum atomic E-state index is -0.491. The average Bonchev–Trinajstić information content (AvgIpc) is 2.07. The van der Waals surface area contributed by atoms with Gasteiger partial charge in [-0.3, -0.25) is 9.59 Å². The monoisotopic (exact) mass is 228 g/mol. The SMILES string of the molecule is C=CC[C@@H]1C(=O)S[C@@H]1C(=O)OC(C)(C)C. The van der Waals surface area contributed by atoms with Crippen LogP contribution in [-0.4, -0.2) is 21.9 Å². The molecule has 0 aliphatic carbocycles. The lowest BCUT2D eigenvalue weighted by Gasteiger charge is -2.33. The van der Waals surface area contributed by atoms with Crippen molar-refractivity contribution in [1.82, 2.24) is 0 Å². The molecule has 2 atom stereocenters. The van der Waals surface area contributed by atoms with Crippen molar-refractivity contribution in [2.75, 3.05) is 0 Å².